The number of rotatable bonds is 10. The quantitative estimate of drug-likeness (QED) is 0.644. The van der Waals surface area contributed by atoms with E-state index < -0.39 is 0 Å². The molecule has 0 bridgehead atoms. The largest absolute Gasteiger partial charge is 0.492 e. The van der Waals surface area contributed by atoms with E-state index in [1.54, 1.807) is 7.11 Å². The molecule has 0 aromatic heterocycles. The molecule has 0 unspecified atom stereocenters. The molecule has 0 saturated heterocycles. The lowest BCUT2D eigenvalue weighted by Crippen LogP contribution is -2.19. The summed E-state index contributed by atoms with van der Waals surface area (Å²) in [6, 6.07) is 4.22. The molecule has 0 radical (unpaired) electrons. The molecule has 1 aromatic carbocycles. The summed E-state index contributed by atoms with van der Waals surface area (Å²) in [5.74, 6) is 3.17. The van der Waals surface area contributed by atoms with Crippen LogP contribution in [0.4, 0.5) is 0 Å². The van der Waals surface area contributed by atoms with Crippen molar-refractivity contribution < 1.29 is 9.47 Å². The summed E-state index contributed by atoms with van der Waals surface area (Å²) in [5, 5.41) is 3.37. The molecule has 0 atom stereocenters. The smallest absolute Gasteiger partial charge is 0.126 e. The van der Waals surface area contributed by atoms with Gasteiger partial charge in [-0.1, -0.05) is 22.9 Å². The molecule has 0 amide bonds. The molecule has 0 aliphatic carbocycles. The predicted molar refractivity (Wildman–Crippen MR) is 91.0 cm³/mol. The molecule has 1 N–H and O–H groups in total. The number of thioether (sulfide) groups is 1. The first kappa shape index (κ1) is 17.8. The fourth-order valence-electron chi connectivity index (χ4n) is 1.88. The number of hydrogen-bond acceptors (Lipinski definition) is 4. The molecule has 0 saturated carbocycles. The van der Waals surface area contributed by atoms with Gasteiger partial charge in [-0.05, 0) is 30.4 Å². The van der Waals surface area contributed by atoms with Crippen LogP contribution >= 0.6 is 27.7 Å². The van der Waals surface area contributed by atoms with Crippen molar-refractivity contribution in [1.29, 1.82) is 0 Å². The zero-order valence-corrected chi connectivity index (χ0v) is 14.9. The molecular formula is C15H24BrNO2S. The van der Waals surface area contributed by atoms with E-state index in [4.69, 9.17) is 9.47 Å². The van der Waals surface area contributed by atoms with Gasteiger partial charge in [-0.25, -0.2) is 0 Å². The molecule has 0 fully saturated rings. The van der Waals surface area contributed by atoms with Gasteiger partial charge < -0.3 is 14.8 Å². The fraction of sp³-hybridized carbons (Fsp3) is 0.600. The summed E-state index contributed by atoms with van der Waals surface area (Å²) >= 11 is 5.45. The van der Waals surface area contributed by atoms with E-state index in [2.05, 4.69) is 47.2 Å². The van der Waals surface area contributed by atoms with Crippen molar-refractivity contribution in [2.24, 2.45) is 0 Å². The minimum Gasteiger partial charge on any atom is -0.492 e. The first-order valence-corrected chi connectivity index (χ1v) is 8.83. The summed E-state index contributed by atoms with van der Waals surface area (Å²) < 4.78 is 12.1. The second-order valence-electron chi connectivity index (χ2n) is 4.43. The van der Waals surface area contributed by atoms with Crippen LogP contribution in [0.2, 0.25) is 0 Å². The van der Waals surface area contributed by atoms with Crippen LogP contribution < -0.4 is 10.1 Å². The number of methoxy groups -OCH3 is 1. The molecule has 3 nitrogen and oxygen atoms in total. The maximum atomic E-state index is 5.97. The van der Waals surface area contributed by atoms with Gasteiger partial charge in [0.2, 0.25) is 0 Å². The number of ether oxygens (including phenoxy) is 2. The van der Waals surface area contributed by atoms with E-state index in [-0.39, 0.29) is 0 Å². The number of aryl methyl sites for hydroxylation is 1. The molecule has 0 aliphatic rings. The number of nitrogens with one attached hydrogen (secondary N) is 1. The highest BCUT2D eigenvalue weighted by atomic mass is 79.9. The highest BCUT2D eigenvalue weighted by Crippen LogP contribution is 2.28. The average molecular weight is 362 g/mol. The van der Waals surface area contributed by atoms with Crippen molar-refractivity contribution in [3.63, 3.8) is 0 Å². The highest BCUT2D eigenvalue weighted by Gasteiger charge is 2.09. The summed E-state index contributed by atoms with van der Waals surface area (Å²) in [7, 11) is 1.71. The van der Waals surface area contributed by atoms with E-state index in [1.165, 1.54) is 11.1 Å². The second kappa shape index (κ2) is 10.5. The van der Waals surface area contributed by atoms with Crippen molar-refractivity contribution >= 4 is 27.7 Å². The predicted octanol–water partition coefficient (Wildman–Crippen LogP) is 3.63. The molecular weight excluding hydrogens is 338 g/mol. The van der Waals surface area contributed by atoms with Gasteiger partial charge in [0.1, 0.15) is 5.75 Å². The Morgan fingerprint density at radius 3 is 2.80 bits per heavy atom. The molecule has 1 aromatic rings. The van der Waals surface area contributed by atoms with Crippen molar-refractivity contribution in [2.45, 2.75) is 20.4 Å². The molecule has 0 spiro atoms. The van der Waals surface area contributed by atoms with Gasteiger partial charge in [0.25, 0.3) is 0 Å². The minimum absolute atomic E-state index is 0.719. The molecule has 0 aliphatic heterocycles. The van der Waals surface area contributed by atoms with Gasteiger partial charge in [0.15, 0.2) is 0 Å². The van der Waals surface area contributed by atoms with Crippen molar-refractivity contribution in [2.75, 3.05) is 38.4 Å². The standard InChI is InChI=1S/C15H24BrNO2S/c1-4-20-8-7-19-15-12(2)9-14(16)10-13(15)11-17-5-6-18-3/h9-10,17H,4-8,11H2,1-3H3. The normalized spacial score (nSPS) is 10.8. The van der Waals surface area contributed by atoms with Crippen LogP contribution in [0.5, 0.6) is 5.75 Å². The monoisotopic (exact) mass is 361 g/mol. The van der Waals surface area contributed by atoms with Gasteiger partial charge in [-0.15, -0.1) is 0 Å². The lowest BCUT2D eigenvalue weighted by Gasteiger charge is -2.15. The Labute approximate surface area is 134 Å². The SMILES string of the molecule is CCSCCOc1c(C)cc(Br)cc1CNCCOC. The van der Waals surface area contributed by atoms with Crippen LogP contribution in [-0.2, 0) is 11.3 Å². The van der Waals surface area contributed by atoms with Crippen LogP contribution in [-0.4, -0.2) is 38.4 Å². The first-order valence-electron chi connectivity index (χ1n) is 6.88. The highest BCUT2D eigenvalue weighted by molar-refractivity contribution is 9.10. The average Bonchev–Trinajstić information content (AvgIpc) is 2.41. The third-order valence-electron chi connectivity index (χ3n) is 2.79. The number of hydrogen-bond donors (Lipinski definition) is 1. The second-order valence-corrected chi connectivity index (χ2v) is 6.74. The summed E-state index contributed by atoms with van der Waals surface area (Å²) in [6.45, 7) is 7.36. The van der Waals surface area contributed by atoms with Gasteiger partial charge in [0.05, 0.1) is 13.2 Å². The Morgan fingerprint density at radius 1 is 1.30 bits per heavy atom. The molecule has 0 heterocycles. The topological polar surface area (TPSA) is 30.5 Å². The van der Waals surface area contributed by atoms with E-state index in [0.29, 0.717) is 0 Å². The molecule has 1 rings (SSSR count). The number of halogens is 1. The van der Waals surface area contributed by atoms with Gasteiger partial charge >= 0.3 is 0 Å². The van der Waals surface area contributed by atoms with Gasteiger partial charge in [0, 0.05) is 36.0 Å². The minimum atomic E-state index is 0.719. The van der Waals surface area contributed by atoms with Crippen molar-refractivity contribution in [1.82, 2.24) is 5.32 Å². The van der Waals surface area contributed by atoms with E-state index in [1.807, 2.05) is 11.8 Å². The lowest BCUT2D eigenvalue weighted by molar-refractivity contribution is 0.199. The Hall–Kier alpha value is -0.230. The van der Waals surface area contributed by atoms with Crippen LogP contribution in [0, 0.1) is 6.92 Å². The summed E-state index contributed by atoms with van der Waals surface area (Å²) in [5.41, 5.74) is 2.36. The van der Waals surface area contributed by atoms with E-state index in [9.17, 15) is 0 Å². The van der Waals surface area contributed by atoms with Crippen LogP contribution in [0.25, 0.3) is 0 Å². The summed E-state index contributed by atoms with van der Waals surface area (Å²) in [6.07, 6.45) is 0. The maximum absolute atomic E-state index is 5.97. The zero-order valence-electron chi connectivity index (χ0n) is 12.5. The van der Waals surface area contributed by atoms with Crippen LogP contribution in [0.3, 0.4) is 0 Å². The maximum Gasteiger partial charge on any atom is 0.126 e. The van der Waals surface area contributed by atoms with Gasteiger partial charge in [-0.3, -0.25) is 0 Å². The van der Waals surface area contributed by atoms with Crippen LogP contribution in [0.1, 0.15) is 18.1 Å². The first-order chi connectivity index (χ1) is 9.69. The zero-order chi connectivity index (χ0) is 14.8. The lowest BCUT2D eigenvalue weighted by atomic mass is 10.1. The molecule has 5 heteroatoms. The molecule has 20 heavy (non-hydrogen) atoms. The number of benzene rings is 1. The van der Waals surface area contributed by atoms with Crippen molar-refractivity contribution in [3.05, 3.63) is 27.7 Å². The van der Waals surface area contributed by atoms with Crippen LogP contribution in [0.15, 0.2) is 16.6 Å². The van der Waals surface area contributed by atoms with Crippen molar-refractivity contribution in [3.8, 4) is 5.75 Å². The Balaban J connectivity index is 2.63. The summed E-state index contributed by atoms with van der Waals surface area (Å²) in [4.78, 5) is 0. The Bertz CT molecular complexity index is 402. The Kier molecular flexibility index (Phi) is 9.35. The molecule has 114 valence electrons. The third kappa shape index (κ3) is 6.48. The van der Waals surface area contributed by atoms with E-state index in [0.717, 1.165) is 48.0 Å². The van der Waals surface area contributed by atoms with Gasteiger partial charge in [-0.2, -0.15) is 11.8 Å². The Morgan fingerprint density at radius 2 is 2.10 bits per heavy atom. The third-order valence-corrected chi connectivity index (χ3v) is 4.11. The fourth-order valence-corrected chi connectivity index (χ4v) is 2.99. The van der Waals surface area contributed by atoms with E-state index >= 15 is 0 Å².